The van der Waals surface area contributed by atoms with Gasteiger partial charge in [0.25, 0.3) is 0 Å². The van der Waals surface area contributed by atoms with Crippen LogP contribution in [0.2, 0.25) is 78.6 Å². The topological polar surface area (TPSA) is 66.4 Å². The molecule has 0 aromatic heterocycles. The fraction of sp³-hybridized carbons (Fsp3) is 1.00. The van der Waals surface area contributed by atoms with Crippen LogP contribution in [-0.4, -0.2) is 75.7 Å². The molecule has 0 aliphatic carbocycles. The summed E-state index contributed by atoms with van der Waals surface area (Å²) >= 11 is 0. The van der Waals surface area contributed by atoms with Crippen LogP contribution in [0.1, 0.15) is 0 Å². The molecule has 0 spiro atoms. The third-order valence-corrected chi connectivity index (χ3v) is 7.73. The number of aliphatic hydroxyl groups excluding tert-OH is 1. The first kappa shape index (κ1) is 26.7. The summed E-state index contributed by atoms with van der Waals surface area (Å²) in [6.07, 6.45) is -2.67. The molecule has 0 bridgehead atoms. The van der Waals surface area contributed by atoms with Gasteiger partial charge in [-0.05, 0) is 78.6 Å². The van der Waals surface area contributed by atoms with Crippen LogP contribution in [0.25, 0.3) is 0 Å². The van der Waals surface area contributed by atoms with Crippen molar-refractivity contribution in [1.29, 1.82) is 0 Å². The Morgan fingerprint density at radius 1 is 0.607 bits per heavy atom. The first-order valence-corrected chi connectivity index (χ1v) is 23.9. The predicted molar refractivity (Wildman–Crippen MR) is 125 cm³/mol. The highest BCUT2D eigenvalue weighted by Crippen LogP contribution is 2.33. The second kappa shape index (κ2) is 9.41. The van der Waals surface area contributed by atoms with Crippen molar-refractivity contribution in [2.75, 3.05) is 6.61 Å². The monoisotopic (exact) mass is 468 g/mol. The highest BCUT2D eigenvalue weighted by Gasteiger charge is 2.51. The van der Waals surface area contributed by atoms with Crippen LogP contribution in [0.3, 0.4) is 0 Å². The summed E-state index contributed by atoms with van der Waals surface area (Å²) in [5, 5.41) is 10.8. The maximum atomic E-state index is 10.8. The third kappa shape index (κ3) is 10.1. The van der Waals surface area contributed by atoms with Gasteiger partial charge in [0.05, 0.1) is 6.61 Å². The smallest absolute Gasteiger partial charge is 0.184 e. The SMILES string of the molecule is C[Si](C)(C)OC[C@H]1O[C@@H](O)[C@H](O[Si](C)(C)C)[C@@H](O[Si](C)(C)C)[C@@H]1O[Si](C)(C)C. The number of rotatable bonds is 9. The van der Waals surface area contributed by atoms with Crippen LogP contribution in [0.5, 0.6) is 0 Å². The molecule has 5 atom stereocenters. The van der Waals surface area contributed by atoms with Gasteiger partial charge in [-0.15, -0.1) is 0 Å². The molecule has 0 unspecified atom stereocenters. The zero-order valence-electron chi connectivity index (χ0n) is 20.1. The standard InChI is InChI=1S/C18H44O6Si4/c1-25(2,3)20-13-14-15(22-26(4,5)6)16(23-27(7,8)9)17(18(19)21-14)24-28(10,11)12/h14-19H,13H2,1-12H3/t14-,15-,16+,17-,18-/m1/s1. The zero-order chi connectivity index (χ0) is 22.1. The fourth-order valence-electron chi connectivity index (χ4n) is 2.99. The molecule has 10 heteroatoms. The largest absolute Gasteiger partial charge is 0.415 e. The molecular formula is C18H44O6Si4. The van der Waals surface area contributed by atoms with E-state index >= 15 is 0 Å². The van der Waals surface area contributed by atoms with Gasteiger partial charge in [-0.3, -0.25) is 0 Å². The Morgan fingerprint density at radius 2 is 1.00 bits per heavy atom. The molecule has 0 radical (unpaired) electrons. The quantitative estimate of drug-likeness (QED) is 0.511. The second-order valence-corrected chi connectivity index (χ2v) is 29.5. The molecule has 1 fully saturated rings. The first-order valence-electron chi connectivity index (χ1n) is 10.3. The molecule has 1 N–H and O–H groups in total. The van der Waals surface area contributed by atoms with E-state index in [0.29, 0.717) is 6.61 Å². The van der Waals surface area contributed by atoms with E-state index in [1.807, 2.05) is 0 Å². The predicted octanol–water partition coefficient (Wildman–Crippen LogP) is 4.22. The molecule has 0 aromatic rings. The zero-order valence-corrected chi connectivity index (χ0v) is 24.1. The molecule has 1 aliphatic heterocycles. The summed E-state index contributed by atoms with van der Waals surface area (Å²) in [6, 6.07) is 0. The van der Waals surface area contributed by atoms with Crippen molar-refractivity contribution in [2.24, 2.45) is 0 Å². The molecule has 1 heterocycles. The maximum absolute atomic E-state index is 10.8. The molecule has 1 saturated heterocycles. The fourth-order valence-corrected chi connectivity index (χ4v) is 6.91. The molecule has 1 aliphatic rings. The summed E-state index contributed by atoms with van der Waals surface area (Å²) in [4.78, 5) is 0. The molecule has 0 saturated carbocycles. The summed E-state index contributed by atoms with van der Waals surface area (Å²) in [5.74, 6) is 0. The summed E-state index contributed by atoms with van der Waals surface area (Å²) in [5.41, 5.74) is 0. The van der Waals surface area contributed by atoms with Gasteiger partial charge in [0.2, 0.25) is 0 Å². The number of hydrogen-bond donors (Lipinski definition) is 1. The average molecular weight is 469 g/mol. The molecule has 0 amide bonds. The van der Waals surface area contributed by atoms with E-state index < -0.39 is 45.7 Å². The van der Waals surface area contributed by atoms with Gasteiger partial charge < -0.3 is 27.5 Å². The van der Waals surface area contributed by atoms with Crippen molar-refractivity contribution in [1.82, 2.24) is 0 Å². The molecular weight excluding hydrogens is 425 g/mol. The van der Waals surface area contributed by atoms with Gasteiger partial charge >= 0.3 is 0 Å². The Bertz CT molecular complexity index is 492. The number of aliphatic hydroxyl groups is 1. The minimum atomic E-state index is -1.94. The summed E-state index contributed by atoms with van der Waals surface area (Å²) in [6.45, 7) is 26.1. The highest BCUT2D eigenvalue weighted by atomic mass is 28.4. The molecule has 6 nitrogen and oxygen atoms in total. The average Bonchev–Trinajstić information content (AvgIpc) is 2.39. The van der Waals surface area contributed by atoms with Gasteiger partial charge in [0.1, 0.15) is 24.4 Å². The van der Waals surface area contributed by atoms with Crippen LogP contribution >= 0.6 is 0 Å². The van der Waals surface area contributed by atoms with Crippen LogP contribution in [0.4, 0.5) is 0 Å². The summed E-state index contributed by atoms with van der Waals surface area (Å²) < 4.78 is 31.7. The van der Waals surface area contributed by atoms with E-state index in [-0.39, 0.29) is 18.3 Å². The van der Waals surface area contributed by atoms with Crippen LogP contribution < -0.4 is 0 Å². The Kier molecular flexibility index (Phi) is 8.96. The minimum absolute atomic E-state index is 0.320. The lowest BCUT2D eigenvalue weighted by Gasteiger charge is -2.49. The lowest BCUT2D eigenvalue weighted by Crippen LogP contribution is -2.66. The van der Waals surface area contributed by atoms with E-state index in [0.717, 1.165) is 0 Å². The lowest BCUT2D eigenvalue weighted by molar-refractivity contribution is -0.274. The lowest BCUT2D eigenvalue weighted by atomic mass is 9.99. The van der Waals surface area contributed by atoms with Gasteiger partial charge in [0.15, 0.2) is 39.6 Å². The molecule has 28 heavy (non-hydrogen) atoms. The first-order chi connectivity index (χ1) is 12.3. The Labute approximate surface area is 176 Å². The number of ether oxygens (including phenoxy) is 1. The van der Waals surface area contributed by atoms with Crippen LogP contribution in [0.15, 0.2) is 0 Å². The van der Waals surface area contributed by atoms with E-state index in [9.17, 15) is 5.11 Å². The van der Waals surface area contributed by atoms with Gasteiger partial charge in [-0.25, -0.2) is 0 Å². The Balaban J connectivity index is 3.26. The van der Waals surface area contributed by atoms with Crippen molar-refractivity contribution in [3.63, 3.8) is 0 Å². The molecule has 168 valence electrons. The van der Waals surface area contributed by atoms with E-state index in [4.69, 9.17) is 22.4 Å². The van der Waals surface area contributed by atoms with Crippen molar-refractivity contribution < 1.29 is 27.5 Å². The Morgan fingerprint density at radius 3 is 1.39 bits per heavy atom. The van der Waals surface area contributed by atoms with Gasteiger partial charge in [0, 0.05) is 0 Å². The second-order valence-electron chi connectivity index (χ2n) is 11.6. The van der Waals surface area contributed by atoms with Crippen molar-refractivity contribution in [3.8, 4) is 0 Å². The van der Waals surface area contributed by atoms with Crippen molar-refractivity contribution >= 4 is 33.3 Å². The van der Waals surface area contributed by atoms with Crippen LogP contribution in [-0.2, 0) is 22.4 Å². The van der Waals surface area contributed by atoms with Crippen molar-refractivity contribution in [3.05, 3.63) is 0 Å². The minimum Gasteiger partial charge on any atom is -0.415 e. The third-order valence-electron chi connectivity index (χ3n) is 3.76. The van der Waals surface area contributed by atoms with E-state index in [1.165, 1.54) is 0 Å². The van der Waals surface area contributed by atoms with E-state index in [1.54, 1.807) is 0 Å². The van der Waals surface area contributed by atoms with Crippen LogP contribution in [0, 0.1) is 0 Å². The van der Waals surface area contributed by atoms with Gasteiger partial charge in [-0.1, -0.05) is 0 Å². The van der Waals surface area contributed by atoms with Crippen molar-refractivity contribution in [2.45, 2.75) is 109 Å². The Hall–Kier alpha value is 0.628. The van der Waals surface area contributed by atoms with E-state index in [2.05, 4.69) is 78.6 Å². The number of hydrogen-bond acceptors (Lipinski definition) is 6. The maximum Gasteiger partial charge on any atom is 0.184 e. The summed E-state index contributed by atoms with van der Waals surface area (Å²) in [7, 11) is -7.50. The normalized spacial score (nSPS) is 30.5. The highest BCUT2D eigenvalue weighted by molar-refractivity contribution is 6.71. The molecule has 0 aromatic carbocycles. The molecule has 1 rings (SSSR count). The van der Waals surface area contributed by atoms with Gasteiger partial charge in [-0.2, -0.15) is 0 Å².